The van der Waals surface area contributed by atoms with Crippen molar-refractivity contribution in [2.75, 3.05) is 0 Å². The molecule has 0 saturated heterocycles. The number of halogens is 2. The van der Waals surface area contributed by atoms with Gasteiger partial charge in [0.2, 0.25) is 0 Å². The molecule has 0 aliphatic heterocycles. The zero-order valence-electron chi connectivity index (χ0n) is 28.9. The summed E-state index contributed by atoms with van der Waals surface area (Å²) in [6.07, 6.45) is 4.47. The Morgan fingerprint density at radius 2 is 0.938 bits per heavy atom. The summed E-state index contributed by atoms with van der Waals surface area (Å²) in [6, 6.07) is 48.0. The average molecular weight is 747 g/mol. The smallest absolute Gasteiger partial charge is 1.00 e. The number of benzene rings is 5. The van der Waals surface area contributed by atoms with Gasteiger partial charge in [0.25, 0.3) is 0 Å². The SMILES string of the molecule is CC(C)(C)c1ccc2c(c1)[cH-]c1cc(C(C)(C)C)ccc12.[C-]1=C(c2ccccc2)C(c2ccccc2)=C(c2ccccc2)C1.[CH2]=[Zr+2].[Cl-].[Cl-]. The van der Waals surface area contributed by atoms with E-state index in [1.54, 1.807) is 0 Å². The van der Waals surface area contributed by atoms with Gasteiger partial charge in [0, 0.05) is 0 Å². The van der Waals surface area contributed by atoms with E-state index in [0.29, 0.717) is 0 Å². The second-order valence-corrected chi connectivity index (χ2v) is 13.9. The van der Waals surface area contributed by atoms with Gasteiger partial charge in [0.05, 0.1) is 0 Å². The van der Waals surface area contributed by atoms with Crippen LogP contribution in [0.1, 0.15) is 75.8 Å². The summed E-state index contributed by atoms with van der Waals surface area (Å²) in [5.41, 5.74) is 10.9. The summed E-state index contributed by atoms with van der Waals surface area (Å²) in [4.78, 5) is 0. The molecule has 7 rings (SSSR count). The summed E-state index contributed by atoms with van der Waals surface area (Å²) in [5, 5.41) is 5.48. The van der Waals surface area contributed by atoms with Crippen LogP contribution in [-0.4, -0.2) is 4.21 Å². The molecule has 0 spiro atoms. The molecule has 0 amide bonds. The van der Waals surface area contributed by atoms with Crippen LogP contribution >= 0.6 is 0 Å². The fourth-order valence-corrected chi connectivity index (χ4v) is 6.12. The molecule has 1 aliphatic carbocycles. The molecule has 1 aliphatic rings. The zero-order valence-corrected chi connectivity index (χ0v) is 32.8. The van der Waals surface area contributed by atoms with E-state index in [0.717, 1.165) is 6.42 Å². The van der Waals surface area contributed by atoms with Crippen molar-refractivity contribution >= 4 is 42.5 Å². The Bertz CT molecular complexity index is 1920. The second-order valence-electron chi connectivity index (χ2n) is 13.9. The van der Waals surface area contributed by atoms with Gasteiger partial charge in [-0.3, -0.25) is 0 Å². The van der Waals surface area contributed by atoms with E-state index >= 15 is 0 Å². The van der Waals surface area contributed by atoms with E-state index in [1.807, 2.05) is 0 Å². The Kier molecular flexibility index (Phi) is 13.8. The quantitative estimate of drug-likeness (QED) is 0.190. The van der Waals surface area contributed by atoms with Crippen molar-refractivity contribution in [1.29, 1.82) is 0 Å². The van der Waals surface area contributed by atoms with Crippen LogP contribution < -0.4 is 24.8 Å². The van der Waals surface area contributed by atoms with E-state index in [2.05, 4.69) is 185 Å². The Balaban J connectivity index is 0.000000239. The third-order valence-corrected chi connectivity index (χ3v) is 8.68. The first kappa shape index (κ1) is 39.2. The Morgan fingerprint density at radius 3 is 1.35 bits per heavy atom. The molecular weight excluding hydrogens is 703 g/mol. The summed E-state index contributed by atoms with van der Waals surface area (Å²) in [5.74, 6) is 0. The Labute approximate surface area is 315 Å². The van der Waals surface area contributed by atoms with Crippen molar-refractivity contribution in [2.24, 2.45) is 0 Å². The van der Waals surface area contributed by atoms with Crippen molar-refractivity contribution in [3.8, 4) is 0 Å². The van der Waals surface area contributed by atoms with Gasteiger partial charge >= 0.3 is 28.4 Å². The van der Waals surface area contributed by atoms with Gasteiger partial charge in [-0.15, -0.1) is 63.0 Å². The molecule has 0 heterocycles. The molecule has 0 unspecified atom stereocenters. The van der Waals surface area contributed by atoms with Crippen molar-refractivity contribution in [1.82, 2.24) is 0 Å². The fourth-order valence-electron chi connectivity index (χ4n) is 6.12. The predicted molar refractivity (Wildman–Crippen MR) is 199 cm³/mol. The van der Waals surface area contributed by atoms with Crippen molar-refractivity contribution in [3.05, 3.63) is 167 Å². The first-order valence-electron chi connectivity index (χ1n) is 16.1. The van der Waals surface area contributed by atoms with Crippen LogP contribution in [0.3, 0.4) is 0 Å². The van der Waals surface area contributed by atoms with E-state index in [9.17, 15) is 0 Å². The van der Waals surface area contributed by atoms with E-state index in [-0.39, 0.29) is 35.6 Å². The van der Waals surface area contributed by atoms with Crippen molar-refractivity contribution < 1.29 is 49.0 Å². The van der Waals surface area contributed by atoms with Gasteiger partial charge in [0.15, 0.2) is 0 Å². The molecule has 0 saturated carbocycles. The third kappa shape index (κ3) is 8.87. The maximum Gasteiger partial charge on any atom is -1.00 e. The summed E-state index contributed by atoms with van der Waals surface area (Å²) in [6.45, 7) is 13.6. The molecule has 6 aromatic carbocycles. The molecule has 0 nitrogen and oxygen atoms in total. The molecule has 244 valence electrons. The monoisotopic (exact) mass is 744 g/mol. The number of rotatable bonds is 3. The van der Waals surface area contributed by atoms with Crippen LogP contribution in [0.15, 0.2) is 133 Å². The maximum atomic E-state index is 3.61. The van der Waals surface area contributed by atoms with Gasteiger partial charge < -0.3 is 24.8 Å². The number of fused-ring (bicyclic) bond motifs is 3. The minimum atomic E-state index is 0. The number of allylic oxidation sites excluding steroid dienone is 4. The maximum absolute atomic E-state index is 3.61. The topological polar surface area (TPSA) is 0 Å². The van der Waals surface area contributed by atoms with E-state index in [4.69, 9.17) is 0 Å². The fraction of sp³-hybridized carbons (Fsp3) is 0.200. The van der Waals surface area contributed by atoms with Gasteiger partial charge in [-0.05, 0) is 16.4 Å². The van der Waals surface area contributed by atoms with E-state index < -0.39 is 0 Å². The predicted octanol–water partition coefficient (Wildman–Crippen LogP) is 6.17. The normalized spacial score (nSPS) is 12.6. The summed E-state index contributed by atoms with van der Waals surface area (Å²) in [7, 11) is 0. The molecule has 0 atom stereocenters. The molecule has 0 N–H and O–H groups in total. The van der Waals surface area contributed by atoms with Crippen LogP contribution in [0.2, 0.25) is 0 Å². The van der Waals surface area contributed by atoms with Crippen LogP contribution in [0.25, 0.3) is 38.3 Å². The number of hydrogen-bond acceptors (Lipinski definition) is 0. The van der Waals surface area contributed by atoms with Crippen LogP contribution in [0.5, 0.6) is 0 Å². The molecule has 0 aromatic heterocycles. The third-order valence-electron chi connectivity index (χ3n) is 8.68. The molecule has 48 heavy (non-hydrogen) atoms. The molecule has 3 heteroatoms. The Hall–Kier alpha value is -3.22. The van der Waals surface area contributed by atoms with Gasteiger partial charge in [-0.1, -0.05) is 173 Å². The van der Waals surface area contributed by atoms with Gasteiger partial charge in [-0.25, -0.2) is 0 Å². The van der Waals surface area contributed by atoms with Crippen LogP contribution in [-0.2, 0) is 35.1 Å². The first-order valence-corrected chi connectivity index (χ1v) is 17.8. The minimum Gasteiger partial charge on any atom is -1.00 e. The average Bonchev–Trinajstić information content (AvgIpc) is 3.68. The van der Waals surface area contributed by atoms with Crippen molar-refractivity contribution in [2.45, 2.75) is 58.8 Å². The summed E-state index contributed by atoms with van der Waals surface area (Å²) >= 11 is 1.30. The first-order chi connectivity index (χ1) is 22.1. The molecule has 0 bridgehead atoms. The Morgan fingerprint density at radius 1 is 0.542 bits per heavy atom. The summed E-state index contributed by atoms with van der Waals surface area (Å²) < 4.78 is 3.34. The molecule has 0 radical (unpaired) electrons. The van der Waals surface area contributed by atoms with E-state index in [1.165, 1.54) is 90.3 Å². The minimum absolute atomic E-state index is 0. The number of hydrogen-bond donors (Lipinski definition) is 0. The van der Waals surface area contributed by atoms with Crippen LogP contribution in [0, 0.1) is 6.08 Å². The molecule has 0 fully saturated rings. The zero-order chi connectivity index (χ0) is 32.9. The molecular formula is C45H44Cl2Zr-2. The van der Waals surface area contributed by atoms with Gasteiger partial charge in [-0.2, -0.15) is 11.6 Å². The molecule has 6 aromatic rings. The standard InChI is InChI=1S/C23H17.C21H25.CH2.2ClH.Zr/c1-4-10-18(11-5-1)21-16-17-22(19-12-6-2-7-13-19)23(21)20-14-8-3-9-15-20;1-20(2,3)16-7-9-18-14(12-16)11-15-13-17(21(4,5)6)8-10-19(15)18;;;;/h1-15H,16H2;7-13H,1-6H3;1H2;2*1H;/q2*-1;;;;+2/p-2. The largest absolute Gasteiger partial charge is 1.00 e. The second kappa shape index (κ2) is 16.9. The van der Waals surface area contributed by atoms with Crippen molar-refractivity contribution in [3.63, 3.8) is 0 Å². The van der Waals surface area contributed by atoms with Crippen LogP contribution in [0.4, 0.5) is 0 Å². The van der Waals surface area contributed by atoms with Gasteiger partial charge in [0.1, 0.15) is 0 Å².